The second-order valence-corrected chi connectivity index (χ2v) is 10.1. The summed E-state index contributed by atoms with van der Waals surface area (Å²) in [7, 11) is 3.64. The third-order valence-electron chi connectivity index (χ3n) is 6.77. The molecule has 8 nitrogen and oxygen atoms in total. The molecule has 5 rings (SSSR count). The molecule has 2 saturated heterocycles. The van der Waals surface area contributed by atoms with Crippen molar-refractivity contribution in [3.63, 3.8) is 0 Å². The predicted molar refractivity (Wildman–Crippen MR) is 136 cm³/mol. The number of halogens is 2. The van der Waals surface area contributed by atoms with Gasteiger partial charge in [0.15, 0.2) is 5.82 Å². The number of nitrogens with one attached hydrogen (secondary N) is 1. The number of rotatable bonds is 4. The number of hydrogen-bond acceptors (Lipinski definition) is 7. The molecule has 3 heterocycles. The van der Waals surface area contributed by atoms with Crippen molar-refractivity contribution in [3.05, 3.63) is 46.0 Å². The summed E-state index contributed by atoms with van der Waals surface area (Å²) < 4.78 is 26.8. The number of aromatic nitrogens is 2. The number of hydrogen-bond donors (Lipinski definition) is 1. The molecule has 1 aromatic heterocycles. The number of benzene rings is 2. The molecule has 2 unspecified atom stereocenters. The van der Waals surface area contributed by atoms with Crippen molar-refractivity contribution < 1.29 is 18.7 Å². The molecule has 3 aromatic rings. The number of amides is 1. The summed E-state index contributed by atoms with van der Waals surface area (Å²) in [4.78, 5) is 25.7. The number of methoxy groups -OCH3 is 1. The van der Waals surface area contributed by atoms with Crippen molar-refractivity contribution in [1.29, 1.82) is 0 Å². The summed E-state index contributed by atoms with van der Waals surface area (Å²) in [6.07, 6.45) is 1.78. The van der Waals surface area contributed by atoms with E-state index in [-0.39, 0.29) is 11.7 Å². The smallest absolute Gasteiger partial charge is 0.415 e. The maximum atomic E-state index is 14.6. The highest BCUT2D eigenvalue weighted by molar-refractivity contribution is 14.1. The minimum absolute atomic E-state index is 0.191. The van der Waals surface area contributed by atoms with Gasteiger partial charge in [0.25, 0.3) is 0 Å². The van der Waals surface area contributed by atoms with Gasteiger partial charge in [-0.15, -0.1) is 0 Å². The Hall–Kier alpha value is -2.73. The second-order valence-electron chi connectivity index (χ2n) is 8.92. The number of carbonyl (C=O) groups excluding carboxylic acids is 1. The van der Waals surface area contributed by atoms with E-state index in [1.807, 2.05) is 28.7 Å². The number of fused-ring (bicyclic) bond motifs is 1. The zero-order valence-electron chi connectivity index (χ0n) is 19.1. The van der Waals surface area contributed by atoms with Gasteiger partial charge in [0, 0.05) is 36.9 Å². The first-order valence-electron chi connectivity index (χ1n) is 11.0. The first kappa shape index (κ1) is 23.0. The van der Waals surface area contributed by atoms with Gasteiger partial charge >= 0.3 is 6.09 Å². The highest BCUT2D eigenvalue weighted by Gasteiger charge is 2.51. The largest absolute Gasteiger partial charge is 0.494 e. The standard InChI is InChI=1S/C24H25FIN5O3/c1-14-11-30(2)8-7-24(14)12-31(23(32)34-24)19-9-15-18(10-20(19)33-3)27-13-28-22(15)29-17-6-4-5-16(26)21(17)25/h4-6,9-10,13-14H,7-8,11-12H2,1-3H3,(H,27,28,29). The minimum Gasteiger partial charge on any atom is -0.494 e. The molecule has 178 valence electrons. The SMILES string of the molecule is COc1cc2ncnc(Nc3cccc(I)c3F)c2cc1N1CC2(CCN(C)CC2C)OC1=O. The van der Waals surface area contributed by atoms with Gasteiger partial charge in [-0.25, -0.2) is 19.2 Å². The molecular formula is C24H25FIN5O3. The van der Waals surface area contributed by atoms with Crippen LogP contribution in [0.5, 0.6) is 5.75 Å². The van der Waals surface area contributed by atoms with Gasteiger partial charge in [-0.3, -0.25) is 4.90 Å². The minimum atomic E-state index is -0.540. The van der Waals surface area contributed by atoms with E-state index < -0.39 is 11.7 Å². The first-order valence-corrected chi connectivity index (χ1v) is 12.1. The van der Waals surface area contributed by atoms with Crippen LogP contribution in [0.1, 0.15) is 13.3 Å². The van der Waals surface area contributed by atoms with E-state index in [0.717, 1.165) is 19.5 Å². The van der Waals surface area contributed by atoms with Gasteiger partial charge in [-0.1, -0.05) is 13.0 Å². The molecule has 0 aliphatic carbocycles. The number of likely N-dealkylation sites (tertiary alicyclic amines) is 1. The summed E-state index contributed by atoms with van der Waals surface area (Å²) in [5.74, 6) is 0.776. The summed E-state index contributed by atoms with van der Waals surface area (Å²) in [6.45, 7) is 4.28. The van der Waals surface area contributed by atoms with E-state index in [1.54, 1.807) is 36.3 Å². The Morgan fingerprint density at radius 3 is 2.91 bits per heavy atom. The molecule has 1 spiro atoms. The van der Waals surface area contributed by atoms with Crippen LogP contribution in [0.2, 0.25) is 0 Å². The lowest BCUT2D eigenvalue weighted by Crippen LogP contribution is -2.52. The Balaban J connectivity index is 1.56. The van der Waals surface area contributed by atoms with Crippen molar-refractivity contribution in [2.45, 2.75) is 18.9 Å². The zero-order valence-corrected chi connectivity index (χ0v) is 21.3. The Bertz CT molecular complexity index is 1270. The zero-order chi connectivity index (χ0) is 24.0. The molecule has 0 saturated carbocycles. The second kappa shape index (κ2) is 8.81. The summed E-state index contributed by atoms with van der Waals surface area (Å²) in [5, 5.41) is 3.72. The van der Waals surface area contributed by atoms with Gasteiger partial charge < -0.3 is 19.7 Å². The third-order valence-corrected chi connectivity index (χ3v) is 7.60. The van der Waals surface area contributed by atoms with Crippen LogP contribution in [-0.2, 0) is 4.74 Å². The molecule has 2 fully saturated rings. The van der Waals surface area contributed by atoms with Gasteiger partial charge in [-0.2, -0.15) is 0 Å². The van der Waals surface area contributed by atoms with Crippen molar-refractivity contribution >= 4 is 56.8 Å². The van der Waals surface area contributed by atoms with Crippen LogP contribution < -0.4 is 15.0 Å². The van der Waals surface area contributed by atoms with Crippen LogP contribution in [-0.4, -0.2) is 60.4 Å². The van der Waals surface area contributed by atoms with Crippen molar-refractivity contribution in [2.24, 2.45) is 5.92 Å². The highest BCUT2D eigenvalue weighted by atomic mass is 127. The fourth-order valence-electron chi connectivity index (χ4n) is 4.79. The predicted octanol–water partition coefficient (Wildman–Crippen LogP) is 4.79. The van der Waals surface area contributed by atoms with Crippen molar-refractivity contribution in [3.8, 4) is 5.75 Å². The lowest BCUT2D eigenvalue weighted by Gasteiger charge is -2.41. The molecule has 0 radical (unpaired) electrons. The number of nitrogens with zero attached hydrogens (tertiary/aromatic N) is 4. The van der Waals surface area contributed by atoms with E-state index in [9.17, 15) is 9.18 Å². The Morgan fingerprint density at radius 1 is 1.32 bits per heavy atom. The lowest BCUT2D eigenvalue weighted by atomic mass is 9.82. The Kier molecular flexibility index (Phi) is 5.96. The molecule has 0 bridgehead atoms. The van der Waals surface area contributed by atoms with Crippen molar-refractivity contribution in [2.75, 3.05) is 44.0 Å². The number of piperidine rings is 1. The van der Waals surface area contributed by atoms with Crippen LogP contribution in [0, 0.1) is 15.3 Å². The van der Waals surface area contributed by atoms with Crippen LogP contribution in [0.3, 0.4) is 0 Å². The van der Waals surface area contributed by atoms with Gasteiger partial charge in [0.05, 0.1) is 34.1 Å². The normalized spacial score (nSPS) is 22.9. The quantitative estimate of drug-likeness (QED) is 0.447. The summed E-state index contributed by atoms with van der Waals surface area (Å²) in [6, 6.07) is 8.69. The molecule has 2 aromatic carbocycles. The fourth-order valence-corrected chi connectivity index (χ4v) is 5.29. The molecule has 10 heteroatoms. The van der Waals surface area contributed by atoms with E-state index >= 15 is 0 Å². The molecular weight excluding hydrogens is 552 g/mol. The van der Waals surface area contributed by atoms with E-state index in [1.165, 1.54) is 6.33 Å². The summed E-state index contributed by atoms with van der Waals surface area (Å²) in [5.41, 5.74) is 0.953. The molecule has 2 aliphatic heterocycles. The molecule has 1 N–H and O–H groups in total. The van der Waals surface area contributed by atoms with Crippen molar-refractivity contribution in [1.82, 2.24) is 14.9 Å². The average molecular weight is 577 g/mol. The fraction of sp³-hybridized carbons (Fsp3) is 0.375. The van der Waals surface area contributed by atoms with Crippen LogP contribution in [0.15, 0.2) is 36.7 Å². The van der Waals surface area contributed by atoms with Crippen LogP contribution in [0.25, 0.3) is 10.9 Å². The molecule has 1 amide bonds. The molecule has 2 atom stereocenters. The Labute approximate surface area is 210 Å². The number of anilines is 3. The lowest BCUT2D eigenvalue weighted by molar-refractivity contribution is -0.0354. The molecule has 34 heavy (non-hydrogen) atoms. The monoisotopic (exact) mass is 577 g/mol. The van der Waals surface area contributed by atoms with Gasteiger partial charge in [-0.05, 0) is 47.8 Å². The van der Waals surface area contributed by atoms with E-state index in [2.05, 4.69) is 34.2 Å². The molecule has 2 aliphatic rings. The maximum Gasteiger partial charge on any atom is 0.415 e. The number of carbonyl (C=O) groups is 1. The van der Waals surface area contributed by atoms with Gasteiger partial charge in [0.1, 0.15) is 23.5 Å². The average Bonchev–Trinajstić information content (AvgIpc) is 3.16. The number of ether oxygens (including phenoxy) is 2. The van der Waals surface area contributed by atoms with Crippen LogP contribution >= 0.6 is 22.6 Å². The highest BCUT2D eigenvalue weighted by Crippen LogP contribution is 2.43. The maximum absolute atomic E-state index is 14.6. The van der Waals surface area contributed by atoms with Crippen LogP contribution in [0.4, 0.5) is 26.4 Å². The first-order chi connectivity index (χ1) is 16.3. The topological polar surface area (TPSA) is 79.8 Å². The third kappa shape index (κ3) is 3.92. The van der Waals surface area contributed by atoms with Gasteiger partial charge in [0.2, 0.25) is 0 Å². The van der Waals surface area contributed by atoms with E-state index in [0.29, 0.717) is 44.0 Å². The Morgan fingerprint density at radius 2 is 2.15 bits per heavy atom. The van der Waals surface area contributed by atoms with E-state index in [4.69, 9.17) is 9.47 Å². The summed E-state index contributed by atoms with van der Waals surface area (Å²) >= 11 is 1.95.